The number of Topliss-reactive ketones (excluding diaryl/α,β-unsaturated/α-hetero) is 1. The number of ether oxygens (including phenoxy) is 2. The van der Waals surface area contributed by atoms with Crippen LogP contribution in [-0.2, 0) is 9.47 Å². The standard InChI is InChI=1S/C13H18N2O4S/c1-4-9-7-19-6-5-15(9)13-14-10(12(17)18-3)11(20-13)8(2)16/h9H,4-7H2,1-3H3. The van der Waals surface area contributed by atoms with Crippen LogP contribution in [0, 0.1) is 0 Å². The highest BCUT2D eigenvalue weighted by atomic mass is 32.1. The molecule has 0 amide bonds. The van der Waals surface area contributed by atoms with Crippen molar-refractivity contribution >= 4 is 28.2 Å². The molecule has 7 heteroatoms. The molecule has 1 fully saturated rings. The largest absolute Gasteiger partial charge is 0.464 e. The first-order valence-corrected chi connectivity index (χ1v) is 7.34. The third kappa shape index (κ3) is 2.83. The molecule has 20 heavy (non-hydrogen) atoms. The zero-order valence-corrected chi connectivity index (χ0v) is 12.7. The van der Waals surface area contributed by atoms with E-state index >= 15 is 0 Å². The summed E-state index contributed by atoms with van der Waals surface area (Å²) in [5.41, 5.74) is 0.112. The Balaban J connectivity index is 2.36. The molecule has 0 bridgehead atoms. The molecule has 1 aromatic rings. The van der Waals surface area contributed by atoms with Crippen molar-refractivity contribution in [3.8, 4) is 0 Å². The average Bonchev–Trinajstić information content (AvgIpc) is 2.91. The molecular weight excluding hydrogens is 280 g/mol. The normalized spacial score (nSPS) is 18.9. The Bertz CT molecular complexity index is 514. The van der Waals surface area contributed by atoms with E-state index in [1.54, 1.807) is 0 Å². The monoisotopic (exact) mass is 298 g/mol. The summed E-state index contributed by atoms with van der Waals surface area (Å²) in [4.78, 5) is 30.1. The minimum absolute atomic E-state index is 0.112. The first kappa shape index (κ1) is 14.9. The van der Waals surface area contributed by atoms with Crippen molar-refractivity contribution in [3.63, 3.8) is 0 Å². The SMILES string of the molecule is CCC1COCCN1c1nc(C(=O)OC)c(C(C)=O)s1. The Kier molecular flexibility index (Phi) is 4.72. The molecule has 0 aliphatic carbocycles. The molecule has 0 spiro atoms. The zero-order chi connectivity index (χ0) is 14.7. The highest BCUT2D eigenvalue weighted by molar-refractivity contribution is 7.17. The van der Waals surface area contributed by atoms with Crippen LogP contribution in [0.5, 0.6) is 0 Å². The van der Waals surface area contributed by atoms with E-state index in [1.165, 1.54) is 25.4 Å². The summed E-state index contributed by atoms with van der Waals surface area (Å²) in [6.45, 7) is 5.48. The van der Waals surface area contributed by atoms with Crippen molar-refractivity contribution in [2.45, 2.75) is 26.3 Å². The fraction of sp³-hybridized carbons (Fsp3) is 0.615. The van der Waals surface area contributed by atoms with Gasteiger partial charge in [0.1, 0.15) is 4.88 Å². The number of aromatic nitrogens is 1. The van der Waals surface area contributed by atoms with Gasteiger partial charge in [0.25, 0.3) is 0 Å². The first-order chi connectivity index (χ1) is 9.58. The highest BCUT2D eigenvalue weighted by Gasteiger charge is 2.28. The lowest BCUT2D eigenvalue weighted by Crippen LogP contribution is -2.45. The summed E-state index contributed by atoms with van der Waals surface area (Å²) in [6, 6.07) is 0.222. The van der Waals surface area contributed by atoms with Crippen molar-refractivity contribution in [3.05, 3.63) is 10.6 Å². The lowest BCUT2D eigenvalue weighted by atomic mass is 10.2. The molecule has 0 radical (unpaired) electrons. The van der Waals surface area contributed by atoms with Gasteiger partial charge in [0, 0.05) is 13.5 Å². The molecule has 1 aliphatic heterocycles. The lowest BCUT2D eigenvalue weighted by Gasteiger charge is -2.34. The predicted octanol–water partition coefficient (Wildman–Crippen LogP) is 1.75. The molecule has 2 heterocycles. The minimum Gasteiger partial charge on any atom is -0.464 e. The molecule has 1 saturated heterocycles. The molecule has 2 rings (SSSR count). The number of morpholine rings is 1. The van der Waals surface area contributed by atoms with Crippen molar-refractivity contribution in [1.82, 2.24) is 4.98 Å². The molecule has 1 aliphatic rings. The van der Waals surface area contributed by atoms with Gasteiger partial charge in [-0.15, -0.1) is 0 Å². The van der Waals surface area contributed by atoms with Crippen LogP contribution in [0.1, 0.15) is 40.4 Å². The van der Waals surface area contributed by atoms with Crippen LogP contribution in [0.15, 0.2) is 0 Å². The van der Waals surface area contributed by atoms with Gasteiger partial charge in [0.15, 0.2) is 16.6 Å². The van der Waals surface area contributed by atoms with Crippen LogP contribution >= 0.6 is 11.3 Å². The van der Waals surface area contributed by atoms with Crippen molar-refractivity contribution in [1.29, 1.82) is 0 Å². The Morgan fingerprint density at radius 2 is 2.30 bits per heavy atom. The molecule has 110 valence electrons. The van der Waals surface area contributed by atoms with E-state index < -0.39 is 5.97 Å². The summed E-state index contributed by atoms with van der Waals surface area (Å²) >= 11 is 1.25. The molecule has 1 atom stereocenters. The van der Waals surface area contributed by atoms with Gasteiger partial charge in [0.2, 0.25) is 0 Å². The quantitative estimate of drug-likeness (QED) is 0.623. The van der Waals surface area contributed by atoms with E-state index in [0.717, 1.165) is 6.42 Å². The van der Waals surface area contributed by atoms with Gasteiger partial charge in [0.05, 0.1) is 26.4 Å². The van der Waals surface area contributed by atoms with Gasteiger partial charge in [-0.05, 0) is 6.42 Å². The highest BCUT2D eigenvalue weighted by Crippen LogP contribution is 2.30. The Hall–Kier alpha value is -1.47. The fourth-order valence-electron chi connectivity index (χ4n) is 2.15. The Morgan fingerprint density at radius 3 is 2.90 bits per heavy atom. The number of hydrogen-bond donors (Lipinski definition) is 0. The summed E-state index contributed by atoms with van der Waals surface area (Å²) < 4.78 is 10.1. The predicted molar refractivity (Wildman–Crippen MR) is 75.7 cm³/mol. The first-order valence-electron chi connectivity index (χ1n) is 6.53. The smallest absolute Gasteiger partial charge is 0.358 e. The van der Waals surface area contributed by atoms with Gasteiger partial charge in [-0.1, -0.05) is 18.3 Å². The number of thiazole rings is 1. The fourth-order valence-corrected chi connectivity index (χ4v) is 3.20. The number of carbonyl (C=O) groups excluding carboxylic acids is 2. The number of carbonyl (C=O) groups is 2. The van der Waals surface area contributed by atoms with E-state index in [-0.39, 0.29) is 17.5 Å². The molecular formula is C13H18N2O4S. The van der Waals surface area contributed by atoms with Crippen LogP contribution < -0.4 is 4.90 Å². The van der Waals surface area contributed by atoms with E-state index in [4.69, 9.17) is 9.47 Å². The number of hydrogen-bond acceptors (Lipinski definition) is 7. The summed E-state index contributed by atoms with van der Waals surface area (Å²) in [6.07, 6.45) is 0.919. The van der Waals surface area contributed by atoms with Gasteiger partial charge in [-0.25, -0.2) is 9.78 Å². The maximum Gasteiger partial charge on any atom is 0.358 e. The minimum atomic E-state index is -0.570. The van der Waals surface area contributed by atoms with Gasteiger partial charge in [-0.2, -0.15) is 0 Å². The number of ketones is 1. The van der Waals surface area contributed by atoms with Crippen LogP contribution in [0.2, 0.25) is 0 Å². The average molecular weight is 298 g/mol. The van der Waals surface area contributed by atoms with Crippen molar-refractivity contribution in [2.24, 2.45) is 0 Å². The summed E-state index contributed by atoms with van der Waals surface area (Å²) in [5.74, 6) is -0.741. The molecule has 1 unspecified atom stereocenters. The van der Waals surface area contributed by atoms with Crippen LogP contribution in [0.3, 0.4) is 0 Å². The zero-order valence-electron chi connectivity index (χ0n) is 11.8. The topological polar surface area (TPSA) is 68.7 Å². The van der Waals surface area contributed by atoms with E-state index in [0.29, 0.717) is 29.8 Å². The molecule has 1 aromatic heterocycles. The summed E-state index contributed by atoms with van der Waals surface area (Å²) in [5, 5.41) is 0.686. The Labute approximate surface area is 121 Å². The van der Waals surface area contributed by atoms with Crippen molar-refractivity contribution < 1.29 is 19.1 Å². The Morgan fingerprint density at radius 1 is 1.55 bits per heavy atom. The molecule has 6 nitrogen and oxygen atoms in total. The maximum atomic E-state index is 11.7. The van der Waals surface area contributed by atoms with Gasteiger partial charge >= 0.3 is 5.97 Å². The van der Waals surface area contributed by atoms with E-state index in [2.05, 4.69) is 16.8 Å². The van der Waals surface area contributed by atoms with Crippen LogP contribution in [-0.4, -0.2) is 49.6 Å². The maximum absolute atomic E-state index is 11.7. The second kappa shape index (κ2) is 6.32. The number of esters is 1. The van der Waals surface area contributed by atoms with Crippen molar-refractivity contribution in [2.75, 3.05) is 31.8 Å². The van der Waals surface area contributed by atoms with Gasteiger partial charge in [-0.3, -0.25) is 4.79 Å². The molecule has 0 aromatic carbocycles. The number of methoxy groups -OCH3 is 1. The third-order valence-corrected chi connectivity index (χ3v) is 4.45. The number of nitrogens with zero attached hydrogens (tertiary/aromatic N) is 2. The van der Waals surface area contributed by atoms with E-state index in [1.807, 2.05) is 0 Å². The number of rotatable bonds is 4. The van der Waals surface area contributed by atoms with E-state index in [9.17, 15) is 9.59 Å². The van der Waals surface area contributed by atoms with Crippen LogP contribution in [0.25, 0.3) is 0 Å². The molecule has 0 saturated carbocycles. The van der Waals surface area contributed by atoms with Gasteiger partial charge < -0.3 is 14.4 Å². The summed E-state index contributed by atoms with van der Waals surface area (Å²) in [7, 11) is 1.29. The number of anilines is 1. The third-order valence-electron chi connectivity index (χ3n) is 3.26. The second-order valence-corrected chi connectivity index (χ2v) is 5.53. The second-order valence-electron chi connectivity index (χ2n) is 4.55. The van der Waals surface area contributed by atoms with Crippen LogP contribution in [0.4, 0.5) is 5.13 Å². The lowest BCUT2D eigenvalue weighted by molar-refractivity contribution is 0.0591. The molecule has 0 N–H and O–H groups in total.